The van der Waals surface area contributed by atoms with Gasteiger partial charge >= 0.3 is 5.76 Å². The summed E-state index contributed by atoms with van der Waals surface area (Å²) in [6.45, 7) is 3.02. The second-order valence-corrected chi connectivity index (χ2v) is 7.21. The van der Waals surface area contributed by atoms with Gasteiger partial charge in [0, 0.05) is 5.56 Å². The highest BCUT2D eigenvalue weighted by Crippen LogP contribution is 2.19. The van der Waals surface area contributed by atoms with Crippen molar-refractivity contribution in [3.63, 3.8) is 0 Å². The Morgan fingerprint density at radius 2 is 1.41 bits per heavy atom. The van der Waals surface area contributed by atoms with E-state index in [-0.39, 0.29) is 0 Å². The normalized spacial score (nSPS) is 11.0. The zero-order valence-corrected chi connectivity index (χ0v) is 16.7. The molecule has 2 aromatic rings. The molecule has 1 aromatic heterocycles. The van der Waals surface area contributed by atoms with Gasteiger partial charge < -0.3 is 4.74 Å². The topological polar surface area (TPSA) is 68.1 Å². The molecule has 0 atom stereocenters. The van der Waals surface area contributed by atoms with Crippen LogP contribution in [0.5, 0.6) is 5.75 Å². The van der Waals surface area contributed by atoms with E-state index in [0.717, 1.165) is 24.3 Å². The summed E-state index contributed by atoms with van der Waals surface area (Å²) in [7, 11) is 0. The van der Waals surface area contributed by atoms with Crippen molar-refractivity contribution in [1.29, 1.82) is 0 Å². The van der Waals surface area contributed by atoms with E-state index in [4.69, 9.17) is 4.74 Å². The molecular weight excluding hydrogens is 340 g/mol. The smallest absolute Gasteiger partial charge is 0.439 e. The van der Waals surface area contributed by atoms with Crippen molar-refractivity contribution in [3.8, 4) is 17.1 Å². The fraction of sp³-hybridized carbons (Fsp3) is 0.636. The Hall–Kier alpha value is -2.04. The Balaban J connectivity index is 1.45. The SMILES string of the molecule is CCCCCCCCCCCCCCOc1ccc(-c2noc(=O)[nH]2)cc1. The largest absolute Gasteiger partial charge is 0.494 e. The van der Waals surface area contributed by atoms with Gasteiger partial charge in [0.1, 0.15) is 5.75 Å². The highest BCUT2D eigenvalue weighted by Gasteiger charge is 2.04. The molecule has 0 aliphatic carbocycles. The van der Waals surface area contributed by atoms with Crippen LogP contribution in [0, 0.1) is 0 Å². The summed E-state index contributed by atoms with van der Waals surface area (Å²) >= 11 is 0. The van der Waals surface area contributed by atoms with Crippen LogP contribution in [-0.2, 0) is 0 Å². The van der Waals surface area contributed by atoms with E-state index >= 15 is 0 Å². The van der Waals surface area contributed by atoms with Crippen LogP contribution in [0.2, 0.25) is 0 Å². The molecule has 27 heavy (non-hydrogen) atoms. The Bertz CT molecular complexity index is 661. The number of ether oxygens (including phenoxy) is 1. The number of hydrogen-bond acceptors (Lipinski definition) is 4. The van der Waals surface area contributed by atoms with Gasteiger partial charge in [0.15, 0.2) is 5.82 Å². The lowest BCUT2D eigenvalue weighted by atomic mass is 10.1. The summed E-state index contributed by atoms with van der Waals surface area (Å²) in [6, 6.07) is 7.52. The molecule has 150 valence electrons. The molecule has 5 heteroatoms. The quantitative estimate of drug-likeness (QED) is 0.382. The number of rotatable bonds is 15. The first-order chi connectivity index (χ1) is 13.3. The summed E-state index contributed by atoms with van der Waals surface area (Å²) in [5.74, 6) is 0.734. The third-order valence-electron chi connectivity index (χ3n) is 4.83. The number of nitrogens with one attached hydrogen (secondary N) is 1. The molecule has 0 aliphatic heterocycles. The molecule has 0 fully saturated rings. The van der Waals surface area contributed by atoms with Crippen LogP contribution in [0.3, 0.4) is 0 Å². The molecule has 0 aliphatic rings. The van der Waals surface area contributed by atoms with Crippen molar-refractivity contribution in [1.82, 2.24) is 10.1 Å². The Morgan fingerprint density at radius 1 is 0.852 bits per heavy atom. The van der Waals surface area contributed by atoms with Gasteiger partial charge in [-0.1, -0.05) is 82.7 Å². The number of aromatic nitrogens is 2. The Kier molecular flexibility index (Phi) is 10.4. The van der Waals surface area contributed by atoms with E-state index in [0.29, 0.717) is 5.82 Å². The van der Waals surface area contributed by atoms with Crippen molar-refractivity contribution in [3.05, 3.63) is 34.8 Å². The van der Waals surface area contributed by atoms with Crippen molar-refractivity contribution in [2.75, 3.05) is 6.61 Å². The van der Waals surface area contributed by atoms with Crippen molar-refractivity contribution < 1.29 is 9.26 Å². The summed E-state index contributed by atoms with van der Waals surface area (Å²) < 4.78 is 10.3. The summed E-state index contributed by atoms with van der Waals surface area (Å²) in [5, 5.41) is 3.67. The van der Waals surface area contributed by atoms with Crippen molar-refractivity contribution >= 4 is 0 Å². The second-order valence-electron chi connectivity index (χ2n) is 7.21. The average Bonchev–Trinajstić information content (AvgIpc) is 3.12. The molecule has 0 saturated carbocycles. The van der Waals surface area contributed by atoms with Crippen LogP contribution >= 0.6 is 0 Å². The van der Waals surface area contributed by atoms with E-state index in [1.807, 2.05) is 24.3 Å². The molecule has 0 saturated heterocycles. The molecular formula is C22H34N2O3. The zero-order valence-electron chi connectivity index (χ0n) is 16.7. The number of benzene rings is 1. The molecule has 1 aromatic carbocycles. The maximum Gasteiger partial charge on any atom is 0.439 e. The van der Waals surface area contributed by atoms with Gasteiger partial charge in [-0.15, -0.1) is 0 Å². The average molecular weight is 375 g/mol. The predicted molar refractivity (Wildman–Crippen MR) is 109 cm³/mol. The molecule has 0 unspecified atom stereocenters. The van der Waals surface area contributed by atoms with Crippen molar-refractivity contribution in [2.45, 2.75) is 84.0 Å². The maximum absolute atomic E-state index is 11.0. The lowest BCUT2D eigenvalue weighted by molar-refractivity contribution is 0.304. The van der Waals surface area contributed by atoms with Crippen LogP contribution in [0.1, 0.15) is 84.0 Å². The number of hydrogen-bond donors (Lipinski definition) is 1. The maximum atomic E-state index is 11.0. The standard InChI is InChI=1S/C22H34N2O3/c1-2-3-4-5-6-7-8-9-10-11-12-13-18-26-20-16-14-19(15-17-20)21-23-22(25)27-24-21/h14-17H,2-13,18H2,1H3,(H,23,24,25). The van der Waals surface area contributed by atoms with Crippen LogP contribution in [-0.4, -0.2) is 16.7 Å². The third kappa shape index (κ3) is 8.94. The van der Waals surface area contributed by atoms with E-state index in [2.05, 4.69) is 21.6 Å². The fourth-order valence-electron chi connectivity index (χ4n) is 3.20. The highest BCUT2D eigenvalue weighted by molar-refractivity contribution is 5.55. The van der Waals surface area contributed by atoms with Crippen molar-refractivity contribution in [2.24, 2.45) is 0 Å². The van der Waals surface area contributed by atoms with E-state index in [1.165, 1.54) is 70.6 Å². The molecule has 1 heterocycles. The minimum absolute atomic E-state index is 0.438. The molecule has 0 bridgehead atoms. The third-order valence-corrected chi connectivity index (χ3v) is 4.83. The van der Waals surface area contributed by atoms with Gasteiger partial charge in [-0.25, -0.2) is 4.79 Å². The predicted octanol–water partition coefficient (Wildman–Crippen LogP) is 6.11. The van der Waals surface area contributed by atoms with Gasteiger partial charge in [0.2, 0.25) is 0 Å². The minimum atomic E-state index is -0.544. The number of nitrogens with zero attached hydrogens (tertiary/aromatic N) is 1. The van der Waals surface area contributed by atoms with Crippen LogP contribution in [0.4, 0.5) is 0 Å². The van der Waals surface area contributed by atoms with E-state index in [1.54, 1.807) is 0 Å². The number of H-pyrrole nitrogens is 1. The molecule has 1 N–H and O–H groups in total. The lowest BCUT2D eigenvalue weighted by Gasteiger charge is -2.06. The first kappa shape index (κ1) is 21.3. The molecule has 5 nitrogen and oxygen atoms in total. The molecule has 0 radical (unpaired) electrons. The summed E-state index contributed by atoms with van der Waals surface area (Å²) in [6.07, 6.45) is 16.1. The molecule has 2 rings (SSSR count). The molecule has 0 spiro atoms. The second kappa shape index (κ2) is 13.2. The monoisotopic (exact) mass is 374 g/mol. The lowest BCUT2D eigenvalue weighted by Crippen LogP contribution is -1.97. The first-order valence-electron chi connectivity index (χ1n) is 10.6. The Labute approximate surface area is 162 Å². The highest BCUT2D eigenvalue weighted by atomic mass is 16.5. The van der Waals surface area contributed by atoms with Crippen LogP contribution in [0.15, 0.2) is 33.6 Å². The van der Waals surface area contributed by atoms with Crippen LogP contribution in [0.25, 0.3) is 11.4 Å². The molecule has 0 amide bonds. The van der Waals surface area contributed by atoms with Crippen LogP contribution < -0.4 is 10.5 Å². The van der Waals surface area contributed by atoms with Gasteiger partial charge in [-0.3, -0.25) is 9.51 Å². The number of aromatic amines is 1. The van der Waals surface area contributed by atoms with Gasteiger partial charge in [-0.05, 0) is 30.7 Å². The minimum Gasteiger partial charge on any atom is -0.494 e. The van der Waals surface area contributed by atoms with Gasteiger partial charge in [0.05, 0.1) is 6.61 Å². The van der Waals surface area contributed by atoms with Gasteiger partial charge in [0.25, 0.3) is 0 Å². The van der Waals surface area contributed by atoms with Gasteiger partial charge in [-0.2, -0.15) is 0 Å². The number of unbranched alkanes of at least 4 members (excludes halogenated alkanes) is 11. The Morgan fingerprint density at radius 3 is 1.93 bits per heavy atom. The zero-order chi connectivity index (χ0) is 19.2. The fourth-order valence-corrected chi connectivity index (χ4v) is 3.20. The summed E-state index contributed by atoms with van der Waals surface area (Å²) in [5.41, 5.74) is 0.804. The van der Waals surface area contributed by atoms with E-state index in [9.17, 15) is 4.79 Å². The first-order valence-corrected chi connectivity index (χ1v) is 10.6. The van der Waals surface area contributed by atoms with E-state index < -0.39 is 5.76 Å². The summed E-state index contributed by atoms with van der Waals surface area (Å²) in [4.78, 5) is 13.5.